The molecule has 0 bridgehead atoms. The maximum absolute atomic E-state index is 12.5. The van der Waals surface area contributed by atoms with Crippen molar-refractivity contribution in [3.8, 4) is 0 Å². The molecular weight excluding hydrogens is 284 g/mol. The number of nitrogens with zero attached hydrogens (tertiary/aromatic N) is 2. The van der Waals surface area contributed by atoms with Crippen molar-refractivity contribution in [3.05, 3.63) is 0 Å². The minimum atomic E-state index is -0.869. The summed E-state index contributed by atoms with van der Waals surface area (Å²) < 4.78 is 0. The Morgan fingerprint density at radius 2 is 1.86 bits per heavy atom. The first-order valence-electron chi connectivity index (χ1n) is 7.70. The maximum Gasteiger partial charge on any atom is 0.325 e. The van der Waals surface area contributed by atoms with E-state index in [-0.39, 0.29) is 23.8 Å². The van der Waals surface area contributed by atoms with Crippen LogP contribution in [0.15, 0.2) is 0 Å². The van der Waals surface area contributed by atoms with Crippen LogP contribution < -0.4 is 11.1 Å². The third kappa shape index (κ3) is 3.58. The second kappa shape index (κ2) is 6.64. The smallest absolute Gasteiger partial charge is 0.325 e. The summed E-state index contributed by atoms with van der Waals surface area (Å²) >= 11 is 0. The van der Waals surface area contributed by atoms with Gasteiger partial charge >= 0.3 is 6.03 Å². The summed E-state index contributed by atoms with van der Waals surface area (Å²) in [5, 5.41) is 2.72. The van der Waals surface area contributed by atoms with Gasteiger partial charge < -0.3 is 16.0 Å². The molecule has 0 aromatic carbocycles. The van der Waals surface area contributed by atoms with E-state index in [2.05, 4.69) is 5.32 Å². The van der Waals surface area contributed by atoms with E-state index >= 15 is 0 Å². The van der Waals surface area contributed by atoms with Gasteiger partial charge in [0.05, 0.1) is 0 Å². The molecule has 0 unspecified atom stereocenters. The number of amides is 4. The highest BCUT2D eigenvalue weighted by atomic mass is 16.2. The molecule has 1 heterocycles. The molecule has 1 saturated heterocycles. The molecule has 3 N–H and O–H groups in total. The summed E-state index contributed by atoms with van der Waals surface area (Å²) in [7, 11) is 1.66. The Bertz CT molecular complexity index is 458. The van der Waals surface area contributed by atoms with Crippen molar-refractivity contribution in [2.45, 2.75) is 46.1 Å². The zero-order chi connectivity index (χ0) is 17.1. The molecule has 1 fully saturated rings. The van der Waals surface area contributed by atoms with E-state index in [1.54, 1.807) is 7.05 Å². The van der Waals surface area contributed by atoms with Crippen LogP contribution >= 0.6 is 0 Å². The summed E-state index contributed by atoms with van der Waals surface area (Å²) in [6.07, 6.45) is 1.02. The zero-order valence-electron chi connectivity index (χ0n) is 14.2. The molecule has 0 aromatic heterocycles. The number of likely N-dealkylation sites (N-methyl/N-ethyl adjacent to an activating group) is 1. The van der Waals surface area contributed by atoms with Gasteiger partial charge in [0.2, 0.25) is 5.91 Å². The van der Waals surface area contributed by atoms with E-state index in [9.17, 15) is 14.4 Å². The number of carbonyl (C=O) groups excluding carboxylic acids is 3. The predicted octanol–water partition coefficient (Wildman–Crippen LogP) is 0.540. The minimum Gasteiger partial charge on any atom is -0.344 e. The third-order valence-electron chi connectivity index (χ3n) is 4.39. The molecular formula is C15H28N4O3. The Hall–Kier alpha value is -1.63. The van der Waals surface area contributed by atoms with Crippen molar-refractivity contribution >= 4 is 17.8 Å². The quantitative estimate of drug-likeness (QED) is 0.671. The van der Waals surface area contributed by atoms with E-state index in [0.717, 1.165) is 4.90 Å². The van der Waals surface area contributed by atoms with Gasteiger partial charge in [-0.3, -0.25) is 14.5 Å². The summed E-state index contributed by atoms with van der Waals surface area (Å²) in [6.45, 7) is 8.31. The van der Waals surface area contributed by atoms with Gasteiger partial charge in [-0.2, -0.15) is 0 Å². The van der Waals surface area contributed by atoms with E-state index in [1.807, 2.05) is 27.7 Å². The Morgan fingerprint density at radius 3 is 2.27 bits per heavy atom. The van der Waals surface area contributed by atoms with Crippen LogP contribution in [-0.2, 0) is 9.59 Å². The largest absolute Gasteiger partial charge is 0.344 e. The fraction of sp³-hybridized carbons (Fsp3) is 0.800. The molecule has 7 heteroatoms. The highest BCUT2D eigenvalue weighted by Gasteiger charge is 2.49. The second-order valence-electron chi connectivity index (χ2n) is 6.73. The lowest BCUT2D eigenvalue weighted by Crippen LogP contribution is -2.47. The standard InChI is InChI=1S/C15H28N4O3/c1-6-15(7-2)12(21)19(13(22)17-15)8-11(20)18(5)10-14(3,4)9-16/h6-10,16H2,1-5H3,(H,17,22). The molecule has 0 spiro atoms. The van der Waals surface area contributed by atoms with E-state index in [1.165, 1.54) is 4.90 Å². The lowest BCUT2D eigenvalue weighted by Gasteiger charge is -2.30. The average Bonchev–Trinajstić information content (AvgIpc) is 2.71. The molecule has 22 heavy (non-hydrogen) atoms. The number of carbonyl (C=O) groups is 3. The highest BCUT2D eigenvalue weighted by Crippen LogP contribution is 2.25. The van der Waals surface area contributed by atoms with Crippen LogP contribution in [0.1, 0.15) is 40.5 Å². The zero-order valence-corrected chi connectivity index (χ0v) is 14.2. The van der Waals surface area contributed by atoms with Crippen molar-refractivity contribution in [2.24, 2.45) is 11.1 Å². The van der Waals surface area contributed by atoms with Crippen LogP contribution in [0.3, 0.4) is 0 Å². The maximum atomic E-state index is 12.5. The van der Waals surface area contributed by atoms with Crippen molar-refractivity contribution < 1.29 is 14.4 Å². The number of hydrogen-bond donors (Lipinski definition) is 2. The molecule has 1 aliphatic rings. The van der Waals surface area contributed by atoms with Gasteiger partial charge in [0.25, 0.3) is 5.91 Å². The monoisotopic (exact) mass is 312 g/mol. The van der Waals surface area contributed by atoms with Gasteiger partial charge in [0.15, 0.2) is 0 Å². The summed E-state index contributed by atoms with van der Waals surface area (Å²) in [6, 6.07) is -0.492. The van der Waals surface area contributed by atoms with E-state index in [0.29, 0.717) is 25.9 Å². The fourth-order valence-corrected chi connectivity index (χ4v) is 2.60. The summed E-state index contributed by atoms with van der Waals surface area (Å²) in [4.78, 5) is 39.3. The van der Waals surface area contributed by atoms with Gasteiger partial charge in [0, 0.05) is 13.6 Å². The lowest BCUT2D eigenvalue weighted by molar-refractivity contribution is -0.139. The first kappa shape index (κ1) is 18.4. The average molecular weight is 312 g/mol. The number of imide groups is 1. The van der Waals surface area contributed by atoms with Crippen LogP contribution in [0, 0.1) is 5.41 Å². The number of rotatable bonds is 7. The van der Waals surface area contributed by atoms with Crippen LogP contribution in [0.25, 0.3) is 0 Å². The fourth-order valence-electron chi connectivity index (χ4n) is 2.60. The first-order chi connectivity index (χ1) is 10.1. The molecule has 1 rings (SSSR count). The van der Waals surface area contributed by atoms with Crippen molar-refractivity contribution in [2.75, 3.05) is 26.7 Å². The van der Waals surface area contributed by atoms with Crippen LogP contribution in [-0.4, -0.2) is 59.9 Å². The molecule has 0 radical (unpaired) electrons. The lowest BCUT2D eigenvalue weighted by atomic mass is 9.93. The second-order valence-corrected chi connectivity index (χ2v) is 6.73. The molecule has 4 amide bonds. The van der Waals surface area contributed by atoms with Crippen LogP contribution in [0.5, 0.6) is 0 Å². The first-order valence-corrected chi connectivity index (χ1v) is 7.70. The van der Waals surface area contributed by atoms with Gasteiger partial charge in [-0.1, -0.05) is 27.7 Å². The topological polar surface area (TPSA) is 95.7 Å². The molecule has 1 aliphatic heterocycles. The Morgan fingerprint density at radius 1 is 1.32 bits per heavy atom. The van der Waals surface area contributed by atoms with Gasteiger partial charge in [-0.05, 0) is 24.8 Å². The summed E-state index contributed by atoms with van der Waals surface area (Å²) in [5.41, 5.74) is 4.59. The molecule has 7 nitrogen and oxygen atoms in total. The predicted molar refractivity (Wildman–Crippen MR) is 84.0 cm³/mol. The SMILES string of the molecule is CCC1(CC)NC(=O)N(CC(=O)N(C)CC(C)(C)CN)C1=O. The van der Waals surface area contributed by atoms with E-state index in [4.69, 9.17) is 5.73 Å². The van der Waals surface area contributed by atoms with Gasteiger partial charge in [-0.15, -0.1) is 0 Å². The van der Waals surface area contributed by atoms with Gasteiger partial charge in [0.1, 0.15) is 12.1 Å². The van der Waals surface area contributed by atoms with Crippen molar-refractivity contribution in [1.82, 2.24) is 15.1 Å². The molecule has 0 saturated carbocycles. The Labute approximate surface area is 132 Å². The van der Waals surface area contributed by atoms with Gasteiger partial charge in [-0.25, -0.2) is 4.79 Å². The van der Waals surface area contributed by atoms with Crippen molar-refractivity contribution in [3.63, 3.8) is 0 Å². The number of nitrogens with one attached hydrogen (secondary N) is 1. The molecule has 0 aliphatic carbocycles. The number of urea groups is 1. The van der Waals surface area contributed by atoms with E-state index < -0.39 is 11.6 Å². The third-order valence-corrected chi connectivity index (χ3v) is 4.39. The Kier molecular flexibility index (Phi) is 5.56. The minimum absolute atomic E-state index is 0.210. The van der Waals surface area contributed by atoms with Crippen LogP contribution in [0.2, 0.25) is 0 Å². The molecule has 0 atom stereocenters. The molecule has 0 aromatic rings. The highest BCUT2D eigenvalue weighted by molar-refractivity contribution is 6.08. The van der Waals surface area contributed by atoms with Crippen LogP contribution in [0.4, 0.5) is 4.79 Å². The number of hydrogen-bond acceptors (Lipinski definition) is 4. The number of nitrogens with two attached hydrogens (primary N) is 1. The summed E-state index contributed by atoms with van der Waals surface area (Å²) in [5.74, 6) is -0.588. The molecule has 126 valence electrons. The normalized spacial score (nSPS) is 17.6. The van der Waals surface area contributed by atoms with Crippen molar-refractivity contribution in [1.29, 1.82) is 0 Å². The Balaban J connectivity index is 2.76.